The summed E-state index contributed by atoms with van der Waals surface area (Å²) in [5.41, 5.74) is 2.72. The van der Waals surface area contributed by atoms with Crippen molar-refractivity contribution < 1.29 is 37.8 Å². The van der Waals surface area contributed by atoms with E-state index in [1.54, 1.807) is 36.4 Å². The van der Waals surface area contributed by atoms with Crippen LogP contribution < -0.4 is 0 Å². The summed E-state index contributed by atoms with van der Waals surface area (Å²) in [6.07, 6.45) is -5.22. The van der Waals surface area contributed by atoms with E-state index in [9.17, 15) is 37.8 Å². The highest BCUT2D eigenvalue weighted by Crippen LogP contribution is 2.32. The molecule has 2 amide bonds. The molecule has 0 fully saturated rings. The molecule has 3 aromatic rings. The minimum absolute atomic E-state index is 0.0963. The van der Waals surface area contributed by atoms with Gasteiger partial charge >= 0.3 is 12.1 Å². The number of carboxylic acid groups (broad SMARTS) is 1. The van der Waals surface area contributed by atoms with Crippen LogP contribution in [0.25, 0.3) is 11.1 Å². The van der Waals surface area contributed by atoms with E-state index in [1.165, 1.54) is 12.1 Å². The van der Waals surface area contributed by atoms with Gasteiger partial charge < -0.3 is 10.2 Å². The molecular weight excluding hydrogens is 535 g/mol. The van der Waals surface area contributed by atoms with Gasteiger partial charge in [0.15, 0.2) is 0 Å². The van der Waals surface area contributed by atoms with Crippen molar-refractivity contribution in [3.8, 4) is 11.1 Å². The first-order valence-electron chi connectivity index (χ1n) is 13.3. The van der Waals surface area contributed by atoms with Gasteiger partial charge in [-0.25, -0.2) is 0 Å². The fraction of sp³-hybridized carbons (Fsp3) is 0.344. The zero-order chi connectivity index (χ0) is 30.1. The molecule has 9 heteroatoms. The molecule has 0 bridgehead atoms. The van der Waals surface area contributed by atoms with Gasteiger partial charge in [0.1, 0.15) is 0 Å². The van der Waals surface area contributed by atoms with Crippen LogP contribution in [0.15, 0.2) is 66.7 Å². The number of benzene rings is 3. The highest BCUT2D eigenvalue weighted by Gasteiger charge is 2.38. The summed E-state index contributed by atoms with van der Waals surface area (Å²) < 4.78 is 38.4. The second-order valence-corrected chi connectivity index (χ2v) is 11.4. The molecular formula is C32H32F3NO5. The zero-order valence-corrected chi connectivity index (χ0v) is 23.0. The Morgan fingerprint density at radius 1 is 0.805 bits per heavy atom. The number of halogens is 3. The van der Waals surface area contributed by atoms with Gasteiger partial charge in [-0.2, -0.15) is 13.2 Å². The molecule has 2 atom stereocenters. The number of imide groups is 1. The van der Waals surface area contributed by atoms with Crippen molar-refractivity contribution in [1.82, 2.24) is 4.90 Å². The Morgan fingerprint density at radius 3 is 1.88 bits per heavy atom. The first-order chi connectivity index (χ1) is 19.2. The van der Waals surface area contributed by atoms with E-state index in [0.717, 1.165) is 33.7 Å². The summed E-state index contributed by atoms with van der Waals surface area (Å²) in [5, 5.41) is 20.5. The average Bonchev–Trinajstić information content (AvgIpc) is 3.15. The molecule has 2 N–H and O–H groups in total. The number of hydrogen-bond donors (Lipinski definition) is 2. The number of aliphatic hydroxyl groups excluding tert-OH is 1. The Morgan fingerprint density at radius 2 is 1.34 bits per heavy atom. The van der Waals surface area contributed by atoms with Crippen LogP contribution in [-0.4, -0.2) is 45.5 Å². The van der Waals surface area contributed by atoms with Crippen molar-refractivity contribution in [3.05, 3.63) is 94.5 Å². The average molecular weight is 568 g/mol. The van der Waals surface area contributed by atoms with Crippen molar-refractivity contribution >= 4 is 17.8 Å². The molecule has 0 saturated carbocycles. The predicted molar refractivity (Wildman–Crippen MR) is 147 cm³/mol. The Bertz CT molecular complexity index is 1440. The number of carbonyl (C=O) groups excluding carboxylic acids is 2. The molecule has 1 aliphatic heterocycles. The molecule has 6 nitrogen and oxygen atoms in total. The van der Waals surface area contributed by atoms with E-state index in [1.807, 2.05) is 26.8 Å². The number of aliphatic carboxylic acids is 1. The van der Waals surface area contributed by atoms with Crippen LogP contribution in [0, 0.1) is 5.92 Å². The molecule has 0 saturated heterocycles. The molecule has 3 aromatic carbocycles. The van der Waals surface area contributed by atoms with E-state index in [2.05, 4.69) is 0 Å². The van der Waals surface area contributed by atoms with Gasteiger partial charge in [0, 0.05) is 6.54 Å². The summed E-state index contributed by atoms with van der Waals surface area (Å²) in [6.45, 7) is 5.87. The lowest BCUT2D eigenvalue weighted by Gasteiger charge is -2.22. The maximum atomic E-state index is 13.0. The SMILES string of the molecule is CC(C)(C)c1ccc2c(c1)C(=O)N(CC[C@@H](C(=O)O)C(O)CCc1ccc(-c3ccc(C(F)(F)F)cc3)cc1)C2=O. The summed E-state index contributed by atoms with van der Waals surface area (Å²) in [5.74, 6) is -3.35. The Hall–Kier alpha value is -3.98. The molecule has 1 unspecified atom stereocenters. The zero-order valence-electron chi connectivity index (χ0n) is 23.0. The topological polar surface area (TPSA) is 94.9 Å². The lowest BCUT2D eigenvalue weighted by molar-refractivity contribution is -0.146. The van der Waals surface area contributed by atoms with Crippen molar-refractivity contribution in [2.24, 2.45) is 5.92 Å². The summed E-state index contributed by atoms with van der Waals surface area (Å²) in [6, 6.07) is 17.1. The fourth-order valence-electron chi connectivity index (χ4n) is 4.94. The first-order valence-corrected chi connectivity index (χ1v) is 13.3. The third kappa shape index (κ3) is 6.68. The van der Waals surface area contributed by atoms with Gasteiger partial charge in [-0.1, -0.05) is 63.2 Å². The minimum Gasteiger partial charge on any atom is -0.481 e. The van der Waals surface area contributed by atoms with Crippen molar-refractivity contribution in [3.63, 3.8) is 0 Å². The molecule has 0 radical (unpaired) electrons. The number of aliphatic hydroxyl groups is 1. The monoisotopic (exact) mass is 567 g/mol. The van der Waals surface area contributed by atoms with E-state index in [4.69, 9.17) is 0 Å². The van der Waals surface area contributed by atoms with Gasteiger partial charge in [0.05, 0.1) is 28.7 Å². The lowest BCUT2D eigenvalue weighted by atomic mass is 9.85. The highest BCUT2D eigenvalue weighted by atomic mass is 19.4. The van der Waals surface area contributed by atoms with E-state index >= 15 is 0 Å². The third-order valence-corrected chi connectivity index (χ3v) is 7.51. The number of amides is 2. The van der Waals surface area contributed by atoms with Gasteiger partial charge in [-0.15, -0.1) is 0 Å². The van der Waals surface area contributed by atoms with Crippen LogP contribution in [0.2, 0.25) is 0 Å². The second-order valence-electron chi connectivity index (χ2n) is 11.4. The molecule has 0 aliphatic carbocycles. The van der Waals surface area contributed by atoms with Crippen LogP contribution in [0.1, 0.15) is 71.0 Å². The normalized spacial score (nSPS) is 15.1. The maximum Gasteiger partial charge on any atom is 0.416 e. The Balaban J connectivity index is 1.35. The Kier molecular flexibility index (Phi) is 8.40. The first kappa shape index (κ1) is 30.0. The van der Waals surface area contributed by atoms with E-state index in [0.29, 0.717) is 17.5 Å². The summed E-state index contributed by atoms with van der Waals surface area (Å²) in [7, 11) is 0. The molecule has 1 heterocycles. The Labute approximate surface area is 236 Å². The third-order valence-electron chi connectivity index (χ3n) is 7.51. The van der Waals surface area contributed by atoms with E-state index < -0.39 is 41.5 Å². The number of rotatable bonds is 9. The predicted octanol–water partition coefficient (Wildman–Crippen LogP) is 6.35. The highest BCUT2D eigenvalue weighted by molar-refractivity contribution is 6.21. The molecule has 216 valence electrons. The van der Waals surface area contributed by atoms with E-state index in [-0.39, 0.29) is 30.4 Å². The molecule has 0 aromatic heterocycles. The molecule has 1 aliphatic rings. The maximum absolute atomic E-state index is 13.0. The lowest BCUT2D eigenvalue weighted by Crippen LogP contribution is -2.36. The molecule has 4 rings (SSSR count). The number of carbonyl (C=O) groups is 3. The van der Waals surface area contributed by atoms with Gasteiger partial charge in [0.2, 0.25) is 0 Å². The number of nitrogens with zero attached hydrogens (tertiary/aromatic N) is 1. The van der Waals surface area contributed by atoms with Gasteiger partial charge in [0.25, 0.3) is 11.8 Å². The van der Waals surface area contributed by atoms with Crippen molar-refractivity contribution in [2.75, 3.05) is 6.54 Å². The largest absolute Gasteiger partial charge is 0.481 e. The van der Waals surface area contributed by atoms with Crippen LogP contribution >= 0.6 is 0 Å². The second kappa shape index (κ2) is 11.5. The smallest absolute Gasteiger partial charge is 0.416 e. The van der Waals surface area contributed by atoms with Crippen molar-refractivity contribution in [2.45, 2.75) is 57.7 Å². The molecule has 41 heavy (non-hydrogen) atoms. The number of aryl methyl sites for hydroxylation is 1. The number of alkyl halides is 3. The van der Waals surface area contributed by atoms with Crippen LogP contribution in [0.3, 0.4) is 0 Å². The van der Waals surface area contributed by atoms with Crippen LogP contribution in [-0.2, 0) is 22.8 Å². The van der Waals surface area contributed by atoms with Crippen LogP contribution in [0.5, 0.6) is 0 Å². The standard InChI is InChI=1S/C32H32F3NO5/c1-31(2,3)23-13-14-24-26(18-23)29(39)36(28(24)38)17-16-25(30(40)41)27(37)15-6-19-4-7-20(8-5-19)21-9-11-22(12-10-21)32(33,34)35/h4-5,7-14,18,25,27,37H,6,15-17H2,1-3H3,(H,40,41)/t25-,27?/m1/s1. The number of carboxylic acids is 1. The number of hydrogen-bond acceptors (Lipinski definition) is 4. The van der Waals surface area contributed by atoms with Crippen molar-refractivity contribution in [1.29, 1.82) is 0 Å². The fourth-order valence-corrected chi connectivity index (χ4v) is 4.94. The quantitative estimate of drug-likeness (QED) is 0.294. The summed E-state index contributed by atoms with van der Waals surface area (Å²) >= 11 is 0. The van der Waals surface area contributed by atoms with Gasteiger partial charge in [-0.3, -0.25) is 19.3 Å². The van der Waals surface area contributed by atoms with Gasteiger partial charge in [-0.05, 0) is 71.2 Å². The summed E-state index contributed by atoms with van der Waals surface area (Å²) in [4.78, 5) is 38.9. The number of fused-ring (bicyclic) bond motifs is 1. The molecule has 0 spiro atoms. The van der Waals surface area contributed by atoms with Crippen LogP contribution in [0.4, 0.5) is 13.2 Å². The minimum atomic E-state index is -4.41.